The maximum Gasteiger partial charge on any atom is 0.366 e. The minimum atomic E-state index is -0.987. The molecule has 1 aliphatic rings. The molecule has 96 valence electrons. The third-order valence-electron chi connectivity index (χ3n) is 3.16. The predicted molar refractivity (Wildman–Crippen MR) is 58.6 cm³/mol. The number of methoxy groups -OCH3 is 1. The van der Waals surface area contributed by atoms with E-state index < -0.39 is 17.7 Å². The van der Waals surface area contributed by atoms with Crippen LogP contribution < -0.4 is 0 Å². The number of hydrogen-bond donors (Lipinski definition) is 0. The summed E-state index contributed by atoms with van der Waals surface area (Å²) in [6.07, 6.45) is 1.15. The van der Waals surface area contributed by atoms with Crippen LogP contribution in [0.5, 0.6) is 0 Å². The molecule has 17 heavy (non-hydrogen) atoms. The average molecular weight is 244 g/mol. The monoisotopic (exact) mass is 244 g/mol. The number of carbonyl (C=O) groups is 2. The van der Waals surface area contributed by atoms with Crippen molar-refractivity contribution in [2.45, 2.75) is 20.8 Å². The van der Waals surface area contributed by atoms with Crippen molar-refractivity contribution < 1.29 is 23.5 Å². The Morgan fingerprint density at radius 2 is 2.00 bits per heavy atom. The predicted octanol–water partition coefficient (Wildman–Crippen LogP) is 1.85. The highest BCUT2D eigenvalue weighted by Crippen LogP contribution is 2.59. The first kappa shape index (κ1) is 13.7. The topological polar surface area (TPSA) is 52.6 Å². The average Bonchev–Trinajstić information content (AvgIpc) is 2.79. The van der Waals surface area contributed by atoms with Crippen molar-refractivity contribution >= 4 is 11.9 Å². The SMILES string of the molecule is CCOC(=O)/C(F)=C/[C@@H]1[C@H](C(=O)OC)C1(C)C. The summed E-state index contributed by atoms with van der Waals surface area (Å²) in [7, 11) is 1.29. The summed E-state index contributed by atoms with van der Waals surface area (Å²) >= 11 is 0. The van der Waals surface area contributed by atoms with Gasteiger partial charge < -0.3 is 9.47 Å². The van der Waals surface area contributed by atoms with Gasteiger partial charge in [-0.1, -0.05) is 13.8 Å². The molecule has 2 atom stereocenters. The fraction of sp³-hybridized carbons (Fsp3) is 0.667. The summed E-state index contributed by atoms with van der Waals surface area (Å²) in [4.78, 5) is 22.5. The third-order valence-corrected chi connectivity index (χ3v) is 3.16. The Morgan fingerprint density at radius 3 is 2.47 bits per heavy atom. The van der Waals surface area contributed by atoms with E-state index in [1.165, 1.54) is 7.11 Å². The molecule has 0 aliphatic heterocycles. The van der Waals surface area contributed by atoms with Crippen LogP contribution in [0.3, 0.4) is 0 Å². The van der Waals surface area contributed by atoms with E-state index in [1.54, 1.807) is 6.92 Å². The molecule has 0 saturated heterocycles. The van der Waals surface area contributed by atoms with Gasteiger partial charge in [0.15, 0.2) is 0 Å². The second kappa shape index (κ2) is 4.85. The molecule has 1 saturated carbocycles. The Labute approximate surface area is 99.8 Å². The first-order chi connectivity index (χ1) is 7.86. The number of rotatable bonds is 4. The molecular weight excluding hydrogens is 227 g/mol. The Balaban J connectivity index is 2.73. The van der Waals surface area contributed by atoms with Crippen molar-refractivity contribution in [2.24, 2.45) is 17.3 Å². The molecule has 0 amide bonds. The van der Waals surface area contributed by atoms with Gasteiger partial charge in [-0.2, -0.15) is 4.39 Å². The molecule has 0 spiro atoms. The van der Waals surface area contributed by atoms with E-state index in [0.29, 0.717) is 0 Å². The lowest BCUT2D eigenvalue weighted by Gasteiger charge is -1.99. The molecule has 0 unspecified atom stereocenters. The molecule has 0 heterocycles. The van der Waals surface area contributed by atoms with Gasteiger partial charge in [0.05, 0.1) is 19.6 Å². The Hall–Kier alpha value is -1.39. The van der Waals surface area contributed by atoms with Crippen molar-refractivity contribution in [3.63, 3.8) is 0 Å². The zero-order chi connectivity index (χ0) is 13.2. The van der Waals surface area contributed by atoms with Crippen LogP contribution in [0.2, 0.25) is 0 Å². The van der Waals surface area contributed by atoms with E-state index >= 15 is 0 Å². The van der Waals surface area contributed by atoms with Crippen molar-refractivity contribution in [2.75, 3.05) is 13.7 Å². The van der Waals surface area contributed by atoms with E-state index in [2.05, 4.69) is 9.47 Å². The van der Waals surface area contributed by atoms with Crippen LogP contribution >= 0.6 is 0 Å². The van der Waals surface area contributed by atoms with Gasteiger partial charge in [-0.3, -0.25) is 4.79 Å². The molecule has 1 rings (SSSR count). The molecule has 0 aromatic rings. The summed E-state index contributed by atoms with van der Waals surface area (Å²) in [5.41, 5.74) is -0.378. The van der Waals surface area contributed by atoms with Crippen LogP contribution in [0.1, 0.15) is 20.8 Å². The lowest BCUT2D eigenvalue weighted by molar-refractivity contribution is -0.143. The van der Waals surface area contributed by atoms with Gasteiger partial charge >= 0.3 is 11.9 Å². The van der Waals surface area contributed by atoms with Crippen LogP contribution in [-0.2, 0) is 19.1 Å². The number of esters is 2. The first-order valence-corrected chi connectivity index (χ1v) is 5.48. The highest BCUT2D eigenvalue weighted by Gasteiger charge is 2.61. The minimum Gasteiger partial charge on any atom is -0.469 e. The Kier molecular flexibility index (Phi) is 3.91. The van der Waals surface area contributed by atoms with Crippen LogP contribution in [-0.4, -0.2) is 25.7 Å². The number of allylic oxidation sites excluding steroid dienone is 1. The number of carbonyl (C=O) groups excluding carboxylic acids is 2. The quantitative estimate of drug-likeness (QED) is 0.559. The molecule has 1 fully saturated rings. The van der Waals surface area contributed by atoms with E-state index in [-0.39, 0.29) is 23.9 Å². The zero-order valence-electron chi connectivity index (χ0n) is 10.5. The third kappa shape index (κ3) is 2.65. The lowest BCUT2D eigenvalue weighted by atomic mass is 10.1. The van der Waals surface area contributed by atoms with Gasteiger partial charge in [0.25, 0.3) is 0 Å². The highest BCUT2D eigenvalue weighted by molar-refractivity contribution is 5.86. The van der Waals surface area contributed by atoms with Gasteiger partial charge in [0, 0.05) is 0 Å². The van der Waals surface area contributed by atoms with E-state index in [0.717, 1.165) is 6.08 Å². The molecular formula is C12H17FO4. The smallest absolute Gasteiger partial charge is 0.366 e. The lowest BCUT2D eigenvalue weighted by Crippen LogP contribution is -2.07. The van der Waals surface area contributed by atoms with Gasteiger partial charge in [-0.05, 0) is 24.3 Å². The zero-order valence-corrected chi connectivity index (χ0v) is 10.5. The van der Waals surface area contributed by atoms with Crippen LogP contribution in [0.4, 0.5) is 4.39 Å². The van der Waals surface area contributed by atoms with Crippen LogP contribution in [0.25, 0.3) is 0 Å². The maximum absolute atomic E-state index is 13.4. The number of hydrogen-bond acceptors (Lipinski definition) is 4. The minimum absolute atomic E-state index is 0.120. The second-order valence-electron chi connectivity index (χ2n) is 4.58. The van der Waals surface area contributed by atoms with Crippen LogP contribution in [0, 0.1) is 17.3 Å². The van der Waals surface area contributed by atoms with E-state index in [9.17, 15) is 14.0 Å². The molecule has 0 N–H and O–H groups in total. The van der Waals surface area contributed by atoms with Crippen molar-refractivity contribution in [1.29, 1.82) is 0 Å². The molecule has 5 heteroatoms. The number of halogens is 1. The molecule has 0 aromatic heterocycles. The highest BCUT2D eigenvalue weighted by atomic mass is 19.1. The fourth-order valence-corrected chi connectivity index (χ4v) is 1.99. The fourth-order valence-electron chi connectivity index (χ4n) is 1.99. The molecule has 0 bridgehead atoms. The van der Waals surface area contributed by atoms with Gasteiger partial charge in [-0.15, -0.1) is 0 Å². The van der Waals surface area contributed by atoms with E-state index in [4.69, 9.17) is 0 Å². The van der Waals surface area contributed by atoms with Crippen molar-refractivity contribution in [3.8, 4) is 0 Å². The molecule has 0 aromatic carbocycles. The molecule has 4 nitrogen and oxygen atoms in total. The van der Waals surface area contributed by atoms with Gasteiger partial charge in [0.1, 0.15) is 0 Å². The van der Waals surface area contributed by atoms with Gasteiger partial charge in [0.2, 0.25) is 5.83 Å². The summed E-state index contributed by atoms with van der Waals surface area (Å²) in [5, 5.41) is 0. The van der Waals surface area contributed by atoms with E-state index in [1.807, 2.05) is 13.8 Å². The normalized spacial score (nSPS) is 26.3. The maximum atomic E-state index is 13.4. The Bertz CT molecular complexity index is 360. The summed E-state index contributed by atoms with van der Waals surface area (Å²) in [6, 6.07) is 0. The summed E-state index contributed by atoms with van der Waals surface area (Å²) in [6.45, 7) is 5.38. The molecule has 0 radical (unpaired) electrons. The second-order valence-corrected chi connectivity index (χ2v) is 4.58. The standard InChI is InChI=1S/C12H17FO4/c1-5-17-10(14)8(13)6-7-9(11(15)16-4)12(7,2)3/h6-7,9H,5H2,1-4H3/b8-6-/t7-,9-/m1/s1. The largest absolute Gasteiger partial charge is 0.469 e. The van der Waals surface area contributed by atoms with Crippen LogP contribution in [0.15, 0.2) is 11.9 Å². The first-order valence-electron chi connectivity index (χ1n) is 5.48. The number of ether oxygens (including phenoxy) is 2. The van der Waals surface area contributed by atoms with Crippen molar-refractivity contribution in [3.05, 3.63) is 11.9 Å². The van der Waals surface area contributed by atoms with Crippen molar-refractivity contribution in [1.82, 2.24) is 0 Å². The summed E-state index contributed by atoms with van der Waals surface area (Å²) in [5.74, 6) is -3.03. The van der Waals surface area contributed by atoms with Gasteiger partial charge in [-0.25, -0.2) is 4.79 Å². The Morgan fingerprint density at radius 1 is 1.41 bits per heavy atom. The summed E-state index contributed by atoms with van der Waals surface area (Å²) < 4.78 is 22.5. The molecule has 1 aliphatic carbocycles.